The predicted molar refractivity (Wildman–Crippen MR) is 120 cm³/mol. The number of benzene rings is 1. The van der Waals surface area contributed by atoms with E-state index in [1.807, 2.05) is 25.2 Å². The van der Waals surface area contributed by atoms with Crippen LogP contribution in [0.3, 0.4) is 0 Å². The summed E-state index contributed by atoms with van der Waals surface area (Å²) in [5.74, 6) is 0.465. The highest BCUT2D eigenvalue weighted by Gasteiger charge is 2.49. The first kappa shape index (κ1) is 22.6. The number of aryl methyl sites for hydroxylation is 2. The summed E-state index contributed by atoms with van der Waals surface area (Å²) in [5.41, 5.74) is 0.772. The van der Waals surface area contributed by atoms with Crippen LogP contribution in [-0.4, -0.2) is 69.9 Å². The normalized spacial score (nSPS) is 25.2. The Labute approximate surface area is 188 Å². The van der Waals surface area contributed by atoms with E-state index in [0.29, 0.717) is 38.1 Å². The van der Waals surface area contributed by atoms with Gasteiger partial charge >= 0.3 is 0 Å². The van der Waals surface area contributed by atoms with Gasteiger partial charge in [0.05, 0.1) is 18.2 Å². The van der Waals surface area contributed by atoms with Gasteiger partial charge in [-0.25, -0.2) is 0 Å². The molecule has 8 heteroatoms. The number of rotatable bonds is 4. The van der Waals surface area contributed by atoms with E-state index in [-0.39, 0.29) is 31.1 Å². The molecule has 1 aromatic carbocycles. The summed E-state index contributed by atoms with van der Waals surface area (Å²) in [7, 11) is 2.03. The molecule has 2 aliphatic heterocycles. The van der Waals surface area contributed by atoms with Crippen molar-refractivity contribution in [1.29, 1.82) is 0 Å². The van der Waals surface area contributed by atoms with Crippen LogP contribution in [0.15, 0.2) is 24.3 Å². The Hall–Kier alpha value is -2.58. The van der Waals surface area contributed by atoms with Crippen LogP contribution in [0.4, 0.5) is 0 Å². The summed E-state index contributed by atoms with van der Waals surface area (Å²) in [6.07, 6.45) is 1.87. The highest BCUT2D eigenvalue weighted by atomic mass is 16.5. The number of hydrogen-bond acceptors (Lipinski definition) is 5. The van der Waals surface area contributed by atoms with E-state index in [4.69, 9.17) is 9.47 Å². The lowest BCUT2D eigenvalue weighted by molar-refractivity contribution is -0.194. The second-order valence-electron chi connectivity index (χ2n) is 9.52. The van der Waals surface area contributed by atoms with Crippen molar-refractivity contribution >= 4 is 22.7 Å². The molecule has 1 spiro atoms. The quantitative estimate of drug-likeness (QED) is 0.753. The monoisotopic (exact) mass is 443 g/mol. The number of aliphatic hydroxyl groups is 1. The van der Waals surface area contributed by atoms with E-state index >= 15 is 0 Å². The standard InChI is InChI=1S/C24H33N3O5/c1-16-11-18-12-19(5-6-20(18)26(16)4)31-14-22(29)27-9-7-24(8-10-27)13-21(25-17(2)28)23(3,30)15-32-24/h5-6,11-12,21,30H,7-10,13-15H2,1-4H3,(H,25,28)/t21-,23-/m0/s1. The fraction of sp³-hybridized carbons (Fsp3) is 0.583. The fourth-order valence-corrected chi connectivity index (χ4v) is 4.81. The molecule has 0 aliphatic carbocycles. The highest BCUT2D eigenvalue weighted by molar-refractivity contribution is 5.83. The molecule has 0 bridgehead atoms. The van der Waals surface area contributed by atoms with Crippen LogP contribution in [-0.2, 0) is 21.4 Å². The molecule has 3 heterocycles. The van der Waals surface area contributed by atoms with Crippen LogP contribution in [0, 0.1) is 6.92 Å². The SMILES string of the molecule is CC(=O)N[C@H]1CC2(CCN(C(=O)COc3ccc4c(c3)cc(C)n4C)CC2)OC[C@]1(C)O. The van der Waals surface area contributed by atoms with Gasteiger partial charge < -0.3 is 29.4 Å². The second kappa shape index (κ2) is 8.41. The van der Waals surface area contributed by atoms with Crippen LogP contribution in [0.1, 0.15) is 38.8 Å². The van der Waals surface area contributed by atoms with E-state index in [2.05, 4.69) is 22.9 Å². The number of ether oxygens (including phenoxy) is 2. The van der Waals surface area contributed by atoms with E-state index in [1.54, 1.807) is 11.8 Å². The minimum absolute atomic E-state index is 0.00555. The molecule has 0 radical (unpaired) electrons. The Kier molecular flexibility index (Phi) is 5.94. The predicted octanol–water partition coefficient (Wildman–Crippen LogP) is 1.90. The smallest absolute Gasteiger partial charge is 0.260 e. The number of likely N-dealkylation sites (tertiary alicyclic amines) is 1. The molecule has 2 fully saturated rings. The van der Waals surface area contributed by atoms with Crippen LogP contribution >= 0.6 is 0 Å². The largest absolute Gasteiger partial charge is 0.484 e. The molecule has 2 N–H and O–H groups in total. The van der Waals surface area contributed by atoms with E-state index < -0.39 is 11.2 Å². The molecule has 4 rings (SSSR count). The summed E-state index contributed by atoms with van der Waals surface area (Å²) in [4.78, 5) is 26.1. The van der Waals surface area contributed by atoms with Crippen molar-refractivity contribution < 1.29 is 24.2 Å². The number of carbonyl (C=O) groups excluding carboxylic acids is 2. The highest BCUT2D eigenvalue weighted by Crippen LogP contribution is 2.38. The first-order valence-electron chi connectivity index (χ1n) is 11.2. The molecule has 2 atom stereocenters. The zero-order valence-electron chi connectivity index (χ0n) is 19.3. The topological polar surface area (TPSA) is 93.0 Å². The molecule has 32 heavy (non-hydrogen) atoms. The molecule has 174 valence electrons. The summed E-state index contributed by atoms with van der Waals surface area (Å²) in [5, 5.41) is 14.5. The van der Waals surface area contributed by atoms with Gasteiger partial charge in [-0.2, -0.15) is 0 Å². The van der Waals surface area contributed by atoms with Crippen LogP contribution in [0.2, 0.25) is 0 Å². The third-order valence-corrected chi connectivity index (χ3v) is 7.02. The molecule has 2 aliphatic rings. The number of nitrogens with one attached hydrogen (secondary N) is 1. The molecular formula is C24H33N3O5. The molecule has 0 unspecified atom stereocenters. The first-order chi connectivity index (χ1) is 15.1. The van der Waals surface area contributed by atoms with Crippen molar-refractivity contribution in [3.63, 3.8) is 0 Å². The van der Waals surface area contributed by atoms with Gasteiger partial charge in [0.1, 0.15) is 11.4 Å². The first-order valence-corrected chi connectivity index (χ1v) is 11.2. The number of aromatic nitrogens is 1. The van der Waals surface area contributed by atoms with Gasteiger partial charge in [0.2, 0.25) is 5.91 Å². The van der Waals surface area contributed by atoms with E-state index in [9.17, 15) is 14.7 Å². The second-order valence-corrected chi connectivity index (χ2v) is 9.52. The Bertz CT molecular complexity index is 1020. The van der Waals surface area contributed by atoms with Crippen LogP contribution in [0.5, 0.6) is 5.75 Å². The maximum atomic E-state index is 12.7. The van der Waals surface area contributed by atoms with Crippen molar-refractivity contribution in [2.24, 2.45) is 7.05 Å². The van der Waals surface area contributed by atoms with Gasteiger partial charge in [0.25, 0.3) is 5.91 Å². The number of piperidine rings is 1. The average molecular weight is 444 g/mol. The Morgan fingerprint density at radius 1 is 1.28 bits per heavy atom. The van der Waals surface area contributed by atoms with Gasteiger partial charge in [-0.1, -0.05) is 0 Å². The van der Waals surface area contributed by atoms with Crippen molar-refractivity contribution in [2.75, 3.05) is 26.3 Å². The number of nitrogens with zero attached hydrogens (tertiary/aromatic N) is 2. The fourth-order valence-electron chi connectivity index (χ4n) is 4.81. The third-order valence-electron chi connectivity index (χ3n) is 7.02. The van der Waals surface area contributed by atoms with Crippen molar-refractivity contribution in [3.05, 3.63) is 30.0 Å². The molecule has 8 nitrogen and oxygen atoms in total. The minimum atomic E-state index is -1.10. The van der Waals surface area contributed by atoms with Crippen molar-refractivity contribution in [2.45, 2.75) is 57.3 Å². The zero-order valence-corrected chi connectivity index (χ0v) is 19.3. The Morgan fingerprint density at radius 2 is 2.00 bits per heavy atom. The van der Waals surface area contributed by atoms with Crippen LogP contribution in [0.25, 0.3) is 10.9 Å². The summed E-state index contributed by atoms with van der Waals surface area (Å²) < 4.78 is 14.0. The molecule has 0 saturated carbocycles. The maximum Gasteiger partial charge on any atom is 0.260 e. The average Bonchev–Trinajstić information content (AvgIpc) is 3.03. The Morgan fingerprint density at radius 3 is 2.69 bits per heavy atom. The molecule has 2 aromatic rings. The summed E-state index contributed by atoms with van der Waals surface area (Å²) >= 11 is 0. The Balaban J connectivity index is 1.32. The number of carbonyl (C=O) groups is 2. The lowest BCUT2D eigenvalue weighted by Crippen LogP contribution is -2.64. The molecule has 1 aromatic heterocycles. The van der Waals surface area contributed by atoms with Gasteiger partial charge in [0.15, 0.2) is 6.61 Å². The minimum Gasteiger partial charge on any atom is -0.484 e. The van der Waals surface area contributed by atoms with Gasteiger partial charge in [-0.15, -0.1) is 0 Å². The van der Waals surface area contributed by atoms with Crippen molar-refractivity contribution in [3.8, 4) is 5.75 Å². The third kappa shape index (κ3) is 4.47. The molecular weight excluding hydrogens is 410 g/mol. The van der Waals surface area contributed by atoms with Gasteiger partial charge in [-0.3, -0.25) is 9.59 Å². The van der Waals surface area contributed by atoms with Crippen LogP contribution < -0.4 is 10.1 Å². The van der Waals surface area contributed by atoms with E-state index in [0.717, 1.165) is 10.9 Å². The van der Waals surface area contributed by atoms with Crippen molar-refractivity contribution in [1.82, 2.24) is 14.8 Å². The molecule has 2 amide bonds. The van der Waals surface area contributed by atoms with E-state index in [1.165, 1.54) is 12.6 Å². The number of hydrogen-bond donors (Lipinski definition) is 2. The number of amides is 2. The molecule has 2 saturated heterocycles. The lowest BCUT2D eigenvalue weighted by atomic mass is 9.77. The summed E-state index contributed by atoms with van der Waals surface area (Å²) in [6.45, 7) is 6.48. The van der Waals surface area contributed by atoms with Gasteiger partial charge in [0, 0.05) is 43.7 Å². The lowest BCUT2D eigenvalue weighted by Gasteiger charge is -2.50. The number of fused-ring (bicyclic) bond motifs is 1. The van der Waals surface area contributed by atoms with Gasteiger partial charge in [-0.05, 0) is 57.4 Å². The maximum absolute atomic E-state index is 12.7. The zero-order chi connectivity index (χ0) is 23.1. The summed E-state index contributed by atoms with van der Waals surface area (Å²) in [6, 6.07) is 7.60.